The molecule has 0 radical (unpaired) electrons. The standard InChI is InChI=1S/C15H31N5O4.HI/c1-6-16-13(20-11-12(21)17-9-10-23-5)18-7-8-19-14(22)24-15(2,3)4;/h6-11H2,1-5H3,(H,17,21)(H,19,22)(H2,16,18,20);1H. The first kappa shape index (κ1) is 25.9. The summed E-state index contributed by atoms with van der Waals surface area (Å²) in [6.07, 6.45) is -0.469. The molecule has 0 aliphatic heterocycles. The van der Waals surface area contributed by atoms with Gasteiger partial charge in [-0.2, -0.15) is 0 Å². The first-order valence-corrected chi connectivity index (χ1v) is 8.03. The van der Waals surface area contributed by atoms with E-state index in [4.69, 9.17) is 9.47 Å². The normalized spacial score (nSPS) is 11.2. The van der Waals surface area contributed by atoms with Crippen molar-refractivity contribution in [1.29, 1.82) is 0 Å². The maximum Gasteiger partial charge on any atom is 0.407 e. The second-order valence-corrected chi connectivity index (χ2v) is 5.89. The molecule has 0 saturated heterocycles. The predicted octanol–water partition coefficient (Wildman–Crippen LogP) is 0.447. The lowest BCUT2D eigenvalue weighted by molar-refractivity contribution is -0.119. The summed E-state index contributed by atoms with van der Waals surface area (Å²) in [6.45, 7) is 9.76. The molecule has 0 aliphatic carbocycles. The van der Waals surface area contributed by atoms with Gasteiger partial charge in [0.2, 0.25) is 5.91 Å². The zero-order valence-electron chi connectivity index (χ0n) is 15.7. The molecule has 0 rings (SSSR count). The number of carbonyl (C=O) groups is 2. The van der Waals surface area contributed by atoms with E-state index in [0.717, 1.165) is 0 Å². The van der Waals surface area contributed by atoms with Gasteiger partial charge in [-0.05, 0) is 27.7 Å². The number of guanidine groups is 1. The van der Waals surface area contributed by atoms with E-state index in [1.807, 2.05) is 6.92 Å². The number of hydrogen-bond donors (Lipinski definition) is 4. The molecule has 0 bridgehead atoms. The summed E-state index contributed by atoms with van der Waals surface area (Å²) in [5.74, 6) is 0.321. The molecular formula is C15H32IN5O4. The van der Waals surface area contributed by atoms with Crippen molar-refractivity contribution in [2.24, 2.45) is 4.99 Å². The van der Waals surface area contributed by atoms with Crippen LogP contribution in [0, 0.1) is 0 Å². The number of carbonyl (C=O) groups excluding carboxylic acids is 2. The molecule has 0 aliphatic rings. The van der Waals surface area contributed by atoms with Crippen LogP contribution in [-0.2, 0) is 14.3 Å². The van der Waals surface area contributed by atoms with Gasteiger partial charge in [0.1, 0.15) is 12.1 Å². The lowest BCUT2D eigenvalue weighted by atomic mass is 10.2. The van der Waals surface area contributed by atoms with Crippen molar-refractivity contribution in [2.45, 2.75) is 33.3 Å². The number of halogens is 1. The summed E-state index contributed by atoms with van der Waals surface area (Å²) in [5, 5.41) is 11.4. The number of hydrogen-bond acceptors (Lipinski definition) is 5. The van der Waals surface area contributed by atoms with Crippen molar-refractivity contribution >= 4 is 41.9 Å². The van der Waals surface area contributed by atoms with Crippen LogP contribution in [0.4, 0.5) is 4.79 Å². The van der Waals surface area contributed by atoms with Crippen molar-refractivity contribution in [3.63, 3.8) is 0 Å². The van der Waals surface area contributed by atoms with Crippen LogP contribution >= 0.6 is 24.0 Å². The molecule has 0 atom stereocenters. The third-order valence-corrected chi connectivity index (χ3v) is 2.44. The number of amides is 2. The first-order valence-electron chi connectivity index (χ1n) is 8.03. The second-order valence-electron chi connectivity index (χ2n) is 5.89. The lowest BCUT2D eigenvalue weighted by Gasteiger charge is -2.19. The molecule has 0 fully saturated rings. The summed E-state index contributed by atoms with van der Waals surface area (Å²) in [6, 6.07) is 0. The van der Waals surface area contributed by atoms with Gasteiger partial charge >= 0.3 is 6.09 Å². The molecule has 148 valence electrons. The summed E-state index contributed by atoms with van der Waals surface area (Å²) in [4.78, 5) is 27.2. The molecule has 4 N–H and O–H groups in total. The number of ether oxygens (including phenoxy) is 2. The van der Waals surface area contributed by atoms with Crippen LogP contribution in [0.3, 0.4) is 0 Å². The van der Waals surface area contributed by atoms with Crippen LogP contribution in [0.5, 0.6) is 0 Å². The summed E-state index contributed by atoms with van der Waals surface area (Å²) in [7, 11) is 1.57. The summed E-state index contributed by atoms with van der Waals surface area (Å²) < 4.78 is 9.98. The van der Waals surface area contributed by atoms with Crippen LogP contribution in [-0.4, -0.2) is 70.0 Å². The van der Waals surface area contributed by atoms with Gasteiger partial charge in [0, 0.05) is 33.3 Å². The number of nitrogens with one attached hydrogen (secondary N) is 4. The van der Waals surface area contributed by atoms with Gasteiger partial charge in [0.15, 0.2) is 5.96 Å². The Labute approximate surface area is 167 Å². The molecule has 10 heteroatoms. The van der Waals surface area contributed by atoms with Gasteiger partial charge in [-0.3, -0.25) is 4.79 Å². The van der Waals surface area contributed by atoms with Gasteiger partial charge in [-0.25, -0.2) is 9.79 Å². The highest BCUT2D eigenvalue weighted by Gasteiger charge is 2.15. The Morgan fingerprint density at radius 2 is 1.64 bits per heavy atom. The Balaban J connectivity index is 0. The van der Waals surface area contributed by atoms with Crippen LogP contribution in [0.25, 0.3) is 0 Å². The Morgan fingerprint density at radius 3 is 2.20 bits per heavy atom. The van der Waals surface area contributed by atoms with Crippen molar-refractivity contribution in [1.82, 2.24) is 21.3 Å². The molecule has 0 spiro atoms. The number of nitrogens with zero attached hydrogens (tertiary/aromatic N) is 1. The van der Waals surface area contributed by atoms with E-state index >= 15 is 0 Å². The minimum absolute atomic E-state index is 0. The number of methoxy groups -OCH3 is 1. The van der Waals surface area contributed by atoms with Gasteiger partial charge in [-0.15, -0.1) is 24.0 Å². The van der Waals surface area contributed by atoms with Crippen LogP contribution in [0.1, 0.15) is 27.7 Å². The van der Waals surface area contributed by atoms with E-state index in [0.29, 0.717) is 38.7 Å². The predicted molar refractivity (Wildman–Crippen MR) is 109 cm³/mol. The van der Waals surface area contributed by atoms with E-state index in [2.05, 4.69) is 26.3 Å². The van der Waals surface area contributed by atoms with E-state index in [-0.39, 0.29) is 36.4 Å². The molecule has 0 saturated carbocycles. The fraction of sp³-hybridized carbons (Fsp3) is 0.800. The van der Waals surface area contributed by atoms with E-state index in [1.165, 1.54) is 0 Å². The SMILES string of the molecule is CCNC(=NCC(=O)NCCOC)NCCNC(=O)OC(C)(C)C.I. The van der Waals surface area contributed by atoms with Gasteiger partial charge in [0.05, 0.1) is 6.61 Å². The van der Waals surface area contributed by atoms with E-state index in [9.17, 15) is 9.59 Å². The number of rotatable bonds is 9. The van der Waals surface area contributed by atoms with Gasteiger partial charge in [-0.1, -0.05) is 0 Å². The average Bonchev–Trinajstić information content (AvgIpc) is 2.47. The third-order valence-electron chi connectivity index (χ3n) is 2.44. The second kappa shape index (κ2) is 15.0. The Kier molecular flexibility index (Phi) is 15.6. The van der Waals surface area contributed by atoms with Crippen LogP contribution in [0.2, 0.25) is 0 Å². The molecule has 0 unspecified atom stereocenters. The Hall–Kier alpha value is -1.30. The summed E-state index contributed by atoms with van der Waals surface area (Å²) >= 11 is 0. The molecule has 25 heavy (non-hydrogen) atoms. The topological polar surface area (TPSA) is 113 Å². The van der Waals surface area contributed by atoms with Crippen molar-refractivity contribution < 1.29 is 19.1 Å². The highest BCUT2D eigenvalue weighted by atomic mass is 127. The molecule has 0 aromatic heterocycles. The lowest BCUT2D eigenvalue weighted by Crippen LogP contribution is -2.43. The fourth-order valence-electron chi connectivity index (χ4n) is 1.50. The quantitative estimate of drug-likeness (QED) is 0.167. The number of alkyl carbamates (subject to hydrolysis) is 1. The van der Waals surface area contributed by atoms with Crippen molar-refractivity contribution in [3.8, 4) is 0 Å². The highest BCUT2D eigenvalue weighted by molar-refractivity contribution is 14.0. The smallest absolute Gasteiger partial charge is 0.407 e. The summed E-state index contributed by atoms with van der Waals surface area (Å²) in [5.41, 5.74) is -0.524. The van der Waals surface area contributed by atoms with E-state index < -0.39 is 11.7 Å². The molecular weight excluding hydrogens is 441 g/mol. The monoisotopic (exact) mass is 473 g/mol. The van der Waals surface area contributed by atoms with E-state index in [1.54, 1.807) is 27.9 Å². The number of aliphatic imine (C=N–C) groups is 1. The molecule has 0 aromatic rings. The minimum atomic E-state index is -0.524. The fourth-order valence-corrected chi connectivity index (χ4v) is 1.50. The minimum Gasteiger partial charge on any atom is -0.444 e. The highest BCUT2D eigenvalue weighted by Crippen LogP contribution is 2.05. The molecule has 2 amide bonds. The maximum absolute atomic E-state index is 11.6. The van der Waals surface area contributed by atoms with Crippen molar-refractivity contribution in [2.75, 3.05) is 46.4 Å². The molecule has 0 aromatic carbocycles. The van der Waals surface area contributed by atoms with Crippen LogP contribution in [0.15, 0.2) is 4.99 Å². The van der Waals surface area contributed by atoms with Crippen LogP contribution < -0.4 is 21.3 Å². The average molecular weight is 473 g/mol. The van der Waals surface area contributed by atoms with Gasteiger partial charge < -0.3 is 30.7 Å². The zero-order valence-corrected chi connectivity index (χ0v) is 18.1. The first-order chi connectivity index (χ1) is 11.3. The Morgan fingerprint density at radius 1 is 1.00 bits per heavy atom. The third kappa shape index (κ3) is 17.3. The Bertz CT molecular complexity index is 413. The largest absolute Gasteiger partial charge is 0.444 e. The van der Waals surface area contributed by atoms with Crippen molar-refractivity contribution in [3.05, 3.63) is 0 Å². The zero-order chi connectivity index (χ0) is 18.4. The molecule has 9 nitrogen and oxygen atoms in total. The van der Waals surface area contributed by atoms with Gasteiger partial charge in [0.25, 0.3) is 0 Å². The molecule has 0 heterocycles. The maximum atomic E-state index is 11.6.